The van der Waals surface area contributed by atoms with Crippen LogP contribution < -0.4 is 5.56 Å². The second kappa shape index (κ2) is 7.34. The number of nitro groups is 1. The van der Waals surface area contributed by atoms with Gasteiger partial charge in [0.1, 0.15) is 6.61 Å². The minimum atomic E-state index is -0.779. The molecule has 0 atom stereocenters. The van der Waals surface area contributed by atoms with Gasteiger partial charge < -0.3 is 4.74 Å². The molecule has 8 nitrogen and oxygen atoms in total. The zero-order valence-electron chi connectivity index (χ0n) is 13.8. The van der Waals surface area contributed by atoms with E-state index in [0.29, 0.717) is 10.7 Å². The first-order valence-corrected chi connectivity index (χ1v) is 8.32. The van der Waals surface area contributed by atoms with Crippen LogP contribution >= 0.6 is 23.2 Å². The molecule has 2 heterocycles. The van der Waals surface area contributed by atoms with Gasteiger partial charge in [-0.05, 0) is 19.1 Å². The van der Waals surface area contributed by atoms with E-state index >= 15 is 0 Å². The molecule has 0 N–H and O–H groups in total. The minimum absolute atomic E-state index is 0.0161. The van der Waals surface area contributed by atoms with Gasteiger partial charge in [-0.2, -0.15) is 0 Å². The van der Waals surface area contributed by atoms with Gasteiger partial charge in [-0.15, -0.1) is 0 Å². The molecule has 1 aromatic carbocycles. The molecule has 27 heavy (non-hydrogen) atoms. The summed E-state index contributed by atoms with van der Waals surface area (Å²) in [6.45, 7) is 1.35. The number of hydrogen-bond donors (Lipinski definition) is 0. The van der Waals surface area contributed by atoms with Gasteiger partial charge in [-0.1, -0.05) is 29.3 Å². The maximum atomic E-state index is 12.3. The second-order valence-electron chi connectivity index (χ2n) is 5.55. The molecule has 0 spiro atoms. The third kappa shape index (κ3) is 3.76. The Bertz CT molecular complexity index is 1140. The normalized spacial score (nSPS) is 10.8. The Labute approximate surface area is 162 Å². The lowest BCUT2D eigenvalue weighted by Gasteiger charge is -2.10. The molecule has 10 heteroatoms. The Morgan fingerprint density at radius 1 is 1.26 bits per heavy atom. The lowest BCUT2D eigenvalue weighted by molar-refractivity contribution is -0.384. The summed E-state index contributed by atoms with van der Waals surface area (Å²) >= 11 is 12.1. The fourth-order valence-electron chi connectivity index (χ4n) is 2.44. The van der Waals surface area contributed by atoms with Gasteiger partial charge >= 0.3 is 5.97 Å². The molecule has 3 aromatic rings. The first-order chi connectivity index (χ1) is 12.8. The molecule has 0 radical (unpaired) electrons. The largest absolute Gasteiger partial charge is 0.456 e. The summed E-state index contributed by atoms with van der Waals surface area (Å²) in [6, 6.07) is 7.81. The van der Waals surface area contributed by atoms with Crippen molar-refractivity contribution in [3.63, 3.8) is 0 Å². The average molecular weight is 408 g/mol. The number of hydrogen-bond acceptors (Lipinski definition) is 6. The van der Waals surface area contributed by atoms with Crippen molar-refractivity contribution in [2.75, 3.05) is 0 Å². The monoisotopic (exact) mass is 407 g/mol. The summed E-state index contributed by atoms with van der Waals surface area (Å²) in [5.41, 5.74) is 0.208. The number of nitro benzene ring substituents is 1. The highest BCUT2D eigenvalue weighted by molar-refractivity contribution is 6.36. The SMILES string of the molecule is Cc1c(Cl)cc(Cl)c2nc(COC(=O)c3cccc([N+](=O)[O-])c3)cc(=O)n12. The maximum Gasteiger partial charge on any atom is 0.338 e. The third-order valence-corrected chi connectivity index (χ3v) is 4.42. The third-order valence-electron chi connectivity index (χ3n) is 3.76. The summed E-state index contributed by atoms with van der Waals surface area (Å²) < 4.78 is 6.37. The van der Waals surface area contributed by atoms with Crippen molar-refractivity contribution in [1.82, 2.24) is 9.38 Å². The van der Waals surface area contributed by atoms with Crippen molar-refractivity contribution < 1.29 is 14.5 Å². The molecule has 0 aliphatic carbocycles. The fourth-order valence-corrected chi connectivity index (χ4v) is 2.93. The van der Waals surface area contributed by atoms with Gasteiger partial charge in [0, 0.05) is 23.9 Å². The van der Waals surface area contributed by atoms with Gasteiger partial charge in [0.15, 0.2) is 5.65 Å². The molecule has 0 amide bonds. The number of carbonyl (C=O) groups is 1. The molecule has 0 aliphatic rings. The van der Waals surface area contributed by atoms with E-state index in [0.717, 1.165) is 6.07 Å². The van der Waals surface area contributed by atoms with Crippen molar-refractivity contribution >= 4 is 40.5 Å². The average Bonchev–Trinajstić information content (AvgIpc) is 2.64. The predicted octanol–water partition coefficient (Wildman–Crippen LogP) is 3.57. The second-order valence-corrected chi connectivity index (χ2v) is 6.37. The number of nitrogens with zero attached hydrogens (tertiary/aromatic N) is 3. The van der Waals surface area contributed by atoms with Gasteiger partial charge in [-0.25, -0.2) is 9.78 Å². The van der Waals surface area contributed by atoms with Crippen molar-refractivity contribution in [3.8, 4) is 0 Å². The van der Waals surface area contributed by atoms with Crippen LogP contribution in [-0.2, 0) is 11.3 Å². The molecule has 0 bridgehead atoms. The number of ether oxygens (including phenoxy) is 1. The van der Waals surface area contributed by atoms with Crippen LogP contribution in [0.3, 0.4) is 0 Å². The van der Waals surface area contributed by atoms with Crippen molar-refractivity contribution in [2.45, 2.75) is 13.5 Å². The van der Waals surface area contributed by atoms with Crippen LogP contribution in [0.1, 0.15) is 21.7 Å². The van der Waals surface area contributed by atoms with E-state index in [9.17, 15) is 19.7 Å². The summed E-state index contributed by atoms with van der Waals surface area (Å²) in [5, 5.41) is 11.3. The quantitative estimate of drug-likeness (QED) is 0.371. The Morgan fingerprint density at radius 3 is 2.70 bits per heavy atom. The molecule has 138 valence electrons. The van der Waals surface area contributed by atoms with E-state index in [1.807, 2.05) is 0 Å². The number of non-ortho nitro benzene ring substituents is 1. The van der Waals surface area contributed by atoms with E-state index in [4.69, 9.17) is 27.9 Å². The predicted molar refractivity (Wildman–Crippen MR) is 98.4 cm³/mol. The highest BCUT2D eigenvalue weighted by atomic mass is 35.5. The summed E-state index contributed by atoms with van der Waals surface area (Å²) in [7, 11) is 0. The smallest absolute Gasteiger partial charge is 0.338 e. The van der Waals surface area contributed by atoms with E-state index < -0.39 is 16.5 Å². The summed E-state index contributed by atoms with van der Waals surface area (Å²) in [5.74, 6) is -0.779. The van der Waals surface area contributed by atoms with Gasteiger partial charge in [-0.3, -0.25) is 19.3 Å². The Kier molecular flexibility index (Phi) is 5.11. The van der Waals surface area contributed by atoms with Crippen LogP contribution in [0.2, 0.25) is 10.0 Å². The van der Waals surface area contributed by atoms with E-state index in [1.165, 1.54) is 34.7 Å². The topological polar surface area (TPSA) is 104 Å². The molecule has 0 saturated heterocycles. The molecule has 0 fully saturated rings. The van der Waals surface area contributed by atoms with Crippen LogP contribution in [0, 0.1) is 17.0 Å². The fraction of sp³-hybridized carbons (Fsp3) is 0.118. The lowest BCUT2D eigenvalue weighted by atomic mass is 10.2. The number of esters is 1. The first kappa shape index (κ1) is 18.8. The van der Waals surface area contributed by atoms with Crippen LogP contribution in [0.15, 0.2) is 41.2 Å². The van der Waals surface area contributed by atoms with E-state index in [-0.39, 0.29) is 34.2 Å². The lowest BCUT2D eigenvalue weighted by Crippen LogP contribution is -2.19. The molecular formula is C17H11Cl2N3O5. The van der Waals surface area contributed by atoms with E-state index in [2.05, 4.69) is 4.98 Å². The number of aromatic nitrogens is 2. The molecular weight excluding hydrogens is 397 g/mol. The van der Waals surface area contributed by atoms with Gasteiger partial charge in [0.05, 0.1) is 26.2 Å². The summed E-state index contributed by atoms with van der Waals surface area (Å²) in [4.78, 5) is 38.9. The van der Waals surface area contributed by atoms with Crippen molar-refractivity contribution in [2.24, 2.45) is 0 Å². The number of aryl methyl sites for hydroxylation is 1. The molecule has 3 rings (SSSR count). The van der Waals surface area contributed by atoms with Crippen LogP contribution in [0.5, 0.6) is 0 Å². The number of carbonyl (C=O) groups excluding carboxylic acids is 1. The molecule has 0 saturated carbocycles. The van der Waals surface area contributed by atoms with Crippen molar-refractivity contribution in [1.29, 1.82) is 0 Å². The number of benzene rings is 1. The van der Waals surface area contributed by atoms with Crippen LogP contribution in [0.4, 0.5) is 5.69 Å². The Balaban J connectivity index is 1.87. The molecule has 0 unspecified atom stereocenters. The first-order valence-electron chi connectivity index (χ1n) is 7.57. The zero-order valence-corrected chi connectivity index (χ0v) is 15.3. The number of rotatable bonds is 4. The Morgan fingerprint density at radius 2 is 2.00 bits per heavy atom. The van der Waals surface area contributed by atoms with Crippen LogP contribution in [0.25, 0.3) is 5.65 Å². The number of pyridine rings is 1. The number of halogens is 2. The summed E-state index contributed by atoms with van der Waals surface area (Å²) in [6.07, 6.45) is 0. The van der Waals surface area contributed by atoms with Gasteiger partial charge in [0.25, 0.3) is 11.2 Å². The minimum Gasteiger partial charge on any atom is -0.456 e. The molecule has 2 aromatic heterocycles. The number of fused-ring (bicyclic) bond motifs is 1. The van der Waals surface area contributed by atoms with Crippen molar-refractivity contribution in [3.05, 3.63) is 83.9 Å². The van der Waals surface area contributed by atoms with E-state index in [1.54, 1.807) is 6.92 Å². The Hall–Kier alpha value is -2.97. The highest BCUT2D eigenvalue weighted by Crippen LogP contribution is 2.23. The highest BCUT2D eigenvalue weighted by Gasteiger charge is 2.15. The maximum absolute atomic E-state index is 12.3. The zero-order chi connectivity index (χ0) is 19.7. The van der Waals surface area contributed by atoms with Crippen LogP contribution in [-0.4, -0.2) is 20.3 Å². The van der Waals surface area contributed by atoms with Gasteiger partial charge in [0.2, 0.25) is 0 Å². The molecule has 0 aliphatic heterocycles. The standard InChI is InChI=1S/C17H11Cl2N3O5/c1-9-13(18)7-14(19)16-20-11(6-15(23)21(9)16)8-27-17(24)10-3-2-4-12(5-10)22(25)26/h2-7H,8H2,1H3.